The van der Waals surface area contributed by atoms with Crippen LogP contribution in [0.3, 0.4) is 0 Å². The highest BCUT2D eigenvalue weighted by Gasteiger charge is 2.01. The Kier molecular flexibility index (Phi) is 1.96. The topological polar surface area (TPSA) is 24.7 Å². The summed E-state index contributed by atoms with van der Waals surface area (Å²) in [5, 5.41) is 3.97. The monoisotopic (exact) mass is 212 g/mol. The molecule has 2 nitrogen and oxygen atoms in total. The SMILES string of the molecule is C(=C1N=c2ccccc2=N1)c1cccs1. The van der Waals surface area contributed by atoms with Gasteiger partial charge in [0.1, 0.15) is 0 Å². The van der Waals surface area contributed by atoms with E-state index < -0.39 is 0 Å². The Morgan fingerprint density at radius 2 is 1.67 bits per heavy atom. The Morgan fingerprint density at radius 3 is 2.27 bits per heavy atom. The van der Waals surface area contributed by atoms with Crippen molar-refractivity contribution in [3.63, 3.8) is 0 Å². The average Bonchev–Trinajstić information content (AvgIpc) is 2.86. The maximum absolute atomic E-state index is 4.43. The summed E-state index contributed by atoms with van der Waals surface area (Å²) >= 11 is 1.69. The molecule has 0 unspecified atom stereocenters. The minimum Gasteiger partial charge on any atom is -0.227 e. The number of para-hydroxylation sites is 2. The molecule has 2 heterocycles. The second-order valence-corrected chi connectivity index (χ2v) is 4.21. The second-order valence-electron chi connectivity index (χ2n) is 3.23. The van der Waals surface area contributed by atoms with Gasteiger partial charge in [-0.05, 0) is 29.7 Å². The van der Waals surface area contributed by atoms with Crippen LogP contribution in [0.4, 0.5) is 0 Å². The van der Waals surface area contributed by atoms with Gasteiger partial charge in [0.15, 0.2) is 5.82 Å². The van der Waals surface area contributed by atoms with Gasteiger partial charge in [-0.15, -0.1) is 11.3 Å². The zero-order valence-electron chi connectivity index (χ0n) is 7.92. The zero-order chi connectivity index (χ0) is 10.1. The van der Waals surface area contributed by atoms with Crippen LogP contribution in [0.5, 0.6) is 0 Å². The molecule has 15 heavy (non-hydrogen) atoms. The fourth-order valence-corrected chi connectivity index (χ4v) is 2.14. The normalized spacial score (nSPS) is 12.9. The van der Waals surface area contributed by atoms with Crippen LogP contribution in [-0.4, -0.2) is 0 Å². The molecule has 1 aromatic carbocycles. The molecule has 2 aromatic rings. The fourth-order valence-electron chi connectivity index (χ4n) is 1.49. The molecule has 0 fully saturated rings. The molecular formula is C12H8N2S. The minimum atomic E-state index is 0.790. The number of fused-ring (bicyclic) bond motifs is 1. The predicted molar refractivity (Wildman–Crippen MR) is 61.1 cm³/mol. The third-order valence-corrected chi connectivity index (χ3v) is 2.99. The molecule has 0 bridgehead atoms. The van der Waals surface area contributed by atoms with Crippen LogP contribution in [0.25, 0.3) is 6.08 Å². The van der Waals surface area contributed by atoms with Gasteiger partial charge < -0.3 is 0 Å². The Hall–Kier alpha value is -1.74. The van der Waals surface area contributed by atoms with Gasteiger partial charge in [0, 0.05) is 4.88 Å². The van der Waals surface area contributed by atoms with Gasteiger partial charge in [-0.2, -0.15) is 0 Å². The lowest BCUT2D eigenvalue weighted by Crippen LogP contribution is -2.19. The first-order valence-corrected chi connectivity index (χ1v) is 5.57. The molecular weight excluding hydrogens is 204 g/mol. The van der Waals surface area contributed by atoms with Gasteiger partial charge >= 0.3 is 0 Å². The van der Waals surface area contributed by atoms with Crippen LogP contribution in [0.15, 0.2) is 57.6 Å². The summed E-state index contributed by atoms with van der Waals surface area (Å²) in [5.41, 5.74) is 0. The number of hydrogen-bond acceptors (Lipinski definition) is 3. The van der Waals surface area contributed by atoms with Gasteiger partial charge in [-0.25, -0.2) is 9.98 Å². The summed E-state index contributed by atoms with van der Waals surface area (Å²) in [6.07, 6.45) is 2.00. The average molecular weight is 212 g/mol. The summed E-state index contributed by atoms with van der Waals surface area (Å²) in [6, 6.07) is 12.0. The van der Waals surface area contributed by atoms with Crippen LogP contribution < -0.4 is 10.7 Å². The van der Waals surface area contributed by atoms with E-state index in [4.69, 9.17) is 0 Å². The van der Waals surface area contributed by atoms with Crippen molar-refractivity contribution < 1.29 is 0 Å². The van der Waals surface area contributed by atoms with E-state index in [-0.39, 0.29) is 0 Å². The summed E-state index contributed by atoms with van der Waals surface area (Å²) in [5.74, 6) is 0.790. The molecule has 1 aliphatic rings. The van der Waals surface area contributed by atoms with E-state index in [0.29, 0.717) is 0 Å². The second kappa shape index (κ2) is 3.44. The van der Waals surface area contributed by atoms with Crippen molar-refractivity contribution >= 4 is 17.4 Å². The van der Waals surface area contributed by atoms with E-state index in [1.807, 2.05) is 36.4 Å². The third kappa shape index (κ3) is 1.62. The Balaban J connectivity index is 2.11. The lowest BCUT2D eigenvalue weighted by molar-refractivity contribution is 1.25. The maximum Gasteiger partial charge on any atom is 0.154 e. The number of thiophene rings is 1. The first-order valence-electron chi connectivity index (χ1n) is 4.69. The third-order valence-electron chi connectivity index (χ3n) is 2.17. The quantitative estimate of drug-likeness (QED) is 0.690. The van der Waals surface area contributed by atoms with Crippen molar-refractivity contribution in [2.24, 2.45) is 9.98 Å². The molecule has 0 saturated heterocycles. The molecule has 3 rings (SSSR count). The molecule has 0 N–H and O–H groups in total. The maximum atomic E-state index is 4.43. The Bertz CT molecular complexity index is 587. The molecule has 0 aliphatic carbocycles. The highest BCUT2D eigenvalue weighted by atomic mass is 32.1. The standard InChI is InChI=1S/C12H8N2S/c1-2-6-11-10(5-1)13-12(14-11)8-9-4-3-7-15-9/h1-8H. The molecule has 0 radical (unpaired) electrons. The molecule has 1 aliphatic heterocycles. The van der Waals surface area contributed by atoms with Crippen molar-refractivity contribution in [1.82, 2.24) is 0 Å². The van der Waals surface area contributed by atoms with E-state index >= 15 is 0 Å². The minimum absolute atomic E-state index is 0.790. The number of rotatable bonds is 1. The van der Waals surface area contributed by atoms with Crippen molar-refractivity contribution in [2.75, 3.05) is 0 Å². The van der Waals surface area contributed by atoms with E-state index in [1.165, 1.54) is 4.88 Å². The van der Waals surface area contributed by atoms with Gasteiger partial charge in [0.05, 0.1) is 10.7 Å². The van der Waals surface area contributed by atoms with Gasteiger partial charge in [0.2, 0.25) is 0 Å². The first kappa shape index (κ1) is 8.56. The molecule has 3 heteroatoms. The smallest absolute Gasteiger partial charge is 0.154 e. The summed E-state index contributed by atoms with van der Waals surface area (Å²) < 4.78 is 0. The summed E-state index contributed by atoms with van der Waals surface area (Å²) in [4.78, 5) is 10.0. The summed E-state index contributed by atoms with van der Waals surface area (Å²) in [6.45, 7) is 0. The van der Waals surface area contributed by atoms with E-state index in [0.717, 1.165) is 16.5 Å². The predicted octanol–water partition coefficient (Wildman–Crippen LogP) is 2.00. The Morgan fingerprint density at radius 1 is 0.933 bits per heavy atom. The molecule has 0 saturated carbocycles. The highest BCUT2D eigenvalue weighted by Crippen LogP contribution is 2.14. The van der Waals surface area contributed by atoms with Gasteiger partial charge in [0.25, 0.3) is 0 Å². The Labute approximate surface area is 91.0 Å². The molecule has 0 amide bonds. The van der Waals surface area contributed by atoms with Gasteiger partial charge in [-0.3, -0.25) is 0 Å². The highest BCUT2D eigenvalue weighted by molar-refractivity contribution is 7.10. The lowest BCUT2D eigenvalue weighted by Gasteiger charge is -1.85. The number of benzene rings is 1. The van der Waals surface area contributed by atoms with Crippen LogP contribution in [-0.2, 0) is 0 Å². The van der Waals surface area contributed by atoms with Crippen molar-refractivity contribution in [1.29, 1.82) is 0 Å². The zero-order valence-corrected chi connectivity index (χ0v) is 8.74. The van der Waals surface area contributed by atoms with Crippen LogP contribution in [0.2, 0.25) is 0 Å². The van der Waals surface area contributed by atoms with E-state index in [1.54, 1.807) is 11.3 Å². The van der Waals surface area contributed by atoms with E-state index in [2.05, 4.69) is 21.4 Å². The molecule has 0 spiro atoms. The lowest BCUT2D eigenvalue weighted by atomic mass is 10.3. The largest absolute Gasteiger partial charge is 0.227 e. The van der Waals surface area contributed by atoms with Gasteiger partial charge in [-0.1, -0.05) is 18.2 Å². The van der Waals surface area contributed by atoms with Crippen LogP contribution in [0, 0.1) is 0 Å². The number of hydrogen-bond donors (Lipinski definition) is 0. The number of nitrogens with zero attached hydrogens (tertiary/aromatic N) is 2. The van der Waals surface area contributed by atoms with E-state index in [9.17, 15) is 0 Å². The first-order chi connectivity index (χ1) is 7.42. The molecule has 1 aromatic heterocycles. The van der Waals surface area contributed by atoms with Crippen molar-refractivity contribution in [3.8, 4) is 0 Å². The summed E-state index contributed by atoms with van der Waals surface area (Å²) in [7, 11) is 0. The van der Waals surface area contributed by atoms with Crippen molar-refractivity contribution in [2.45, 2.75) is 0 Å². The fraction of sp³-hybridized carbons (Fsp3) is 0. The molecule has 0 atom stereocenters. The van der Waals surface area contributed by atoms with Crippen LogP contribution >= 0.6 is 11.3 Å². The van der Waals surface area contributed by atoms with Crippen molar-refractivity contribution in [3.05, 3.63) is 63.2 Å². The van der Waals surface area contributed by atoms with Crippen LogP contribution in [0.1, 0.15) is 4.88 Å². The molecule has 72 valence electrons.